The van der Waals surface area contributed by atoms with E-state index in [2.05, 4.69) is 0 Å². The van der Waals surface area contributed by atoms with Crippen molar-refractivity contribution in [2.75, 3.05) is 13.2 Å². The Hall–Kier alpha value is -2.45. The summed E-state index contributed by atoms with van der Waals surface area (Å²) in [5.41, 5.74) is 0.449. The van der Waals surface area contributed by atoms with Crippen molar-refractivity contribution in [2.45, 2.75) is 27.2 Å². The third kappa shape index (κ3) is 5.55. The van der Waals surface area contributed by atoms with E-state index in [4.69, 9.17) is 13.9 Å². The number of carbonyl (C=O) groups excluding carboxylic acids is 3. The molecular weight excluding hydrogens is 509 g/mol. The SMILES string of the molecule is CCOC(=O)c1sc(CC(=O)C(C#N)=Cc2ccc(I)o2)c(C(=O)OCC)c1C. The van der Waals surface area contributed by atoms with Gasteiger partial charge in [0.25, 0.3) is 0 Å². The predicted octanol–water partition coefficient (Wildman–Crippen LogP) is 4.33. The van der Waals surface area contributed by atoms with Crippen LogP contribution in [0.25, 0.3) is 6.08 Å². The Bertz CT molecular complexity index is 1010. The number of thiophene rings is 1. The molecule has 0 aromatic carbocycles. The van der Waals surface area contributed by atoms with Gasteiger partial charge in [0.1, 0.15) is 16.7 Å². The number of allylic oxidation sites excluding steroid dienone is 1. The molecule has 2 heterocycles. The first-order chi connectivity index (χ1) is 13.8. The molecule has 0 aliphatic rings. The quantitative estimate of drug-likeness (QED) is 0.218. The van der Waals surface area contributed by atoms with Gasteiger partial charge in [-0.3, -0.25) is 4.79 Å². The molecule has 0 amide bonds. The number of ketones is 1. The number of nitrogens with zero attached hydrogens (tertiary/aromatic N) is 1. The Kier molecular flexibility index (Phi) is 8.16. The second-order valence-electron chi connectivity index (χ2n) is 5.71. The molecular formula is C20H18INO6S. The number of nitriles is 1. The Labute approximate surface area is 185 Å². The lowest BCUT2D eigenvalue weighted by Gasteiger charge is -2.05. The van der Waals surface area contributed by atoms with Crippen LogP contribution in [-0.2, 0) is 20.7 Å². The van der Waals surface area contributed by atoms with Crippen molar-refractivity contribution in [2.24, 2.45) is 0 Å². The molecule has 2 rings (SSSR count). The number of Topliss-reactive ketones (excluding diaryl/α,β-unsaturated/α-hetero) is 1. The van der Waals surface area contributed by atoms with Crippen molar-refractivity contribution in [1.29, 1.82) is 5.26 Å². The summed E-state index contributed by atoms with van der Waals surface area (Å²) in [4.78, 5) is 37.9. The van der Waals surface area contributed by atoms with Gasteiger partial charge in [0.2, 0.25) is 0 Å². The van der Waals surface area contributed by atoms with E-state index in [-0.39, 0.29) is 35.6 Å². The van der Waals surface area contributed by atoms with Gasteiger partial charge in [-0.15, -0.1) is 11.3 Å². The van der Waals surface area contributed by atoms with E-state index in [0.717, 1.165) is 11.3 Å². The summed E-state index contributed by atoms with van der Waals surface area (Å²) in [6.45, 7) is 5.28. The van der Waals surface area contributed by atoms with E-state index in [1.165, 1.54) is 6.08 Å². The van der Waals surface area contributed by atoms with Crippen molar-refractivity contribution in [3.05, 3.63) is 48.1 Å². The highest BCUT2D eigenvalue weighted by molar-refractivity contribution is 14.1. The van der Waals surface area contributed by atoms with Crippen LogP contribution in [0.2, 0.25) is 0 Å². The molecule has 0 atom stereocenters. The first-order valence-corrected chi connectivity index (χ1v) is 10.6. The average molecular weight is 527 g/mol. The zero-order chi connectivity index (χ0) is 21.6. The molecule has 152 valence electrons. The van der Waals surface area contributed by atoms with E-state index in [0.29, 0.717) is 20.0 Å². The summed E-state index contributed by atoms with van der Waals surface area (Å²) >= 11 is 2.97. The van der Waals surface area contributed by atoms with E-state index >= 15 is 0 Å². The van der Waals surface area contributed by atoms with Crippen molar-refractivity contribution >= 4 is 57.7 Å². The summed E-state index contributed by atoms with van der Waals surface area (Å²) in [5, 5.41) is 9.38. The Morgan fingerprint density at radius 1 is 1.21 bits per heavy atom. The number of hydrogen-bond acceptors (Lipinski definition) is 8. The number of carbonyl (C=O) groups is 3. The van der Waals surface area contributed by atoms with Crippen LogP contribution in [0.1, 0.15) is 50.1 Å². The third-order valence-corrected chi connectivity index (χ3v) is 5.63. The average Bonchev–Trinajstić information content (AvgIpc) is 3.22. The maximum Gasteiger partial charge on any atom is 0.348 e. The predicted molar refractivity (Wildman–Crippen MR) is 115 cm³/mol. The maximum atomic E-state index is 12.7. The van der Waals surface area contributed by atoms with Crippen LogP contribution in [0.5, 0.6) is 0 Å². The van der Waals surface area contributed by atoms with Crippen molar-refractivity contribution in [1.82, 2.24) is 0 Å². The summed E-state index contributed by atoms with van der Waals surface area (Å²) in [6.07, 6.45) is 1.12. The lowest BCUT2D eigenvalue weighted by Crippen LogP contribution is -2.12. The van der Waals surface area contributed by atoms with E-state index in [1.54, 1.807) is 32.9 Å². The summed E-state index contributed by atoms with van der Waals surface area (Å²) in [5.74, 6) is -1.32. The first kappa shape index (κ1) is 22.8. The Morgan fingerprint density at radius 3 is 2.41 bits per heavy atom. The molecule has 2 aromatic heterocycles. The Morgan fingerprint density at radius 2 is 1.86 bits per heavy atom. The molecule has 29 heavy (non-hydrogen) atoms. The molecule has 0 saturated carbocycles. The lowest BCUT2D eigenvalue weighted by molar-refractivity contribution is -0.114. The van der Waals surface area contributed by atoms with Gasteiger partial charge in [-0.2, -0.15) is 5.26 Å². The van der Waals surface area contributed by atoms with Crippen molar-refractivity contribution < 1.29 is 28.3 Å². The smallest absolute Gasteiger partial charge is 0.348 e. The molecule has 0 N–H and O–H groups in total. The summed E-state index contributed by atoms with van der Waals surface area (Å²) in [7, 11) is 0. The van der Waals surface area contributed by atoms with Gasteiger partial charge in [-0.1, -0.05) is 0 Å². The molecule has 0 aliphatic carbocycles. The molecule has 0 saturated heterocycles. The molecule has 2 aromatic rings. The fourth-order valence-electron chi connectivity index (χ4n) is 2.52. The molecule has 0 unspecified atom stereocenters. The van der Waals surface area contributed by atoms with Crippen molar-refractivity contribution in [3.8, 4) is 6.07 Å². The van der Waals surface area contributed by atoms with E-state index < -0.39 is 17.7 Å². The Balaban J connectivity index is 2.41. The minimum atomic E-state index is -0.623. The van der Waals surface area contributed by atoms with E-state index in [1.807, 2.05) is 28.7 Å². The number of hydrogen-bond donors (Lipinski definition) is 0. The summed E-state index contributed by atoms with van der Waals surface area (Å²) < 4.78 is 16.1. The second-order valence-corrected chi connectivity index (χ2v) is 7.88. The molecule has 0 spiro atoms. The van der Waals surface area contributed by atoms with Crippen molar-refractivity contribution in [3.63, 3.8) is 0 Å². The van der Waals surface area contributed by atoms with Gasteiger partial charge in [0.05, 0.1) is 24.4 Å². The van der Waals surface area contributed by atoms with Gasteiger partial charge < -0.3 is 13.9 Å². The van der Waals surface area contributed by atoms with Crippen LogP contribution in [0, 0.1) is 22.0 Å². The number of furan rings is 1. The number of rotatable bonds is 8. The van der Waals surface area contributed by atoms with E-state index in [9.17, 15) is 19.6 Å². The zero-order valence-corrected chi connectivity index (χ0v) is 19.0. The number of esters is 2. The minimum Gasteiger partial charge on any atom is -0.462 e. The molecule has 7 nitrogen and oxygen atoms in total. The maximum absolute atomic E-state index is 12.7. The zero-order valence-electron chi connectivity index (χ0n) is 16.0. The van der Waals surface area contributed by atoms with Crippen LogP contribution in [-0.4, -0.2) is 30.9 Å². The van der Waals surface area contributed by atoms with Gasteiger partial charge in [-0.25, -0.2) is 9.59 Å². The molecule has 0 fully saturated rings. The van der Waals surface area contributed by atoms with Gasteiger partial charge in [0.15, 0.2) is 9.55 Å². The van der Waals surface area contributed by atoms with Gasteiger partial charge in [-0.05, 0) is 61.1 Å². The molecule has 0 radical (unpaired) electrons. The first-order valence-electron chi connectivity index (χ1n) is 8.69. The largest absolute Gasteiger partial charge is 0.462 e. The fourth-order valence-corrected chi connectivity index (χ4v) is 4.14. The monoisotopic (exact) mass is 527 g/mol. The van der Waals surface area contributed by atoms with Crippen LogP contribution in [0.4, 0.5) is 0 Å². The number of ether oxygens (including phenoxy) is 2. The topological polar surface area (TPSA) is 107 Å². The molecule has 9 heteroatoms. The standard InChI is InChI=1S/C20H18INO6S/c1-4-26-19(24)17-11(3)18(20(25)27-5-2)29-15(17)9-14(23)12(10-22)8-13-6-7-16(21)28-13/h6-8H,4-5,9H2,1-3H3. The number of halogens is 1. The highest BCUT2D eigenvalue weighted by atomic mass is 127. The van der Waals surface area contributed by atoms with Gasteiger partial charge >= 0.3 is 11.9 Å². The van der Waals surface area contributed by atoms with Crippen LogP contribution in [0.3, 0.4) is 0 Å². The molecule has 0 aliphatic heterocycles. The second kappa shape index (κ2) is 10.4. The highest BCUT2D eigenvalue weighted by Gasteiger charge is 2.28. The van der Waals surface area contributed by atoms with Crippen LogP contribution >= 0.6 is 33.9 Å². The summed E-state index contributed by atoms with van der Waals surface area (Å²) in [6, 6.07) is 5.21. The molecule has 0 bridgehead atoms. The lowest BCUT2D eigenvalue weighted by atomic mass is 10.0. The van der Waals surface area contributed by atoms with Gasteiger partial charge in [0, 0.05) is 17.4 Å². The van der Waals surface area contributed by atoms with Crippen LogP contribution in [0.15, 0.2) is 22.1 Å². The minimum absolute atomic E-state index is 0.116. The highest BCUT2D eigenvalue weighted by Crippen LogP contribution is 2.31. The van der Waals surface area contributed by atoms with Crippen LogP contribution < -0.4 is 0 Å². The fraction of sp³-hybridized carbons (Fsp3) is 0.300. The third-order valence-electron chi connectivity index (χ3n) is 3.78. The normalized spacial score (nSPS) is 11.1.